The summed E-state index contributed by atoms with van der Waals surface area (Å²) in [5, 5.41) is 39.4. The zero-order valence-electron chi connectivity index (χ0n) is 70.2. The fraction of sp³-hybridized carbons (Fsp3) is 0.277. The topological polar surface area (TPSA) is 318 Å². The first kappa shape index (κ1) is 93.4. The van der Waals surface area contributed by atoms with Crippen LogP contribution in [0.3, 0.4) is 0 Å². The molecule has 4 aliphatic heterocycles. The Hall–Kier alpha value is -14.2. The summed E-state index contributed by atoms with van der Waals surface area (Å²) >= 11 is 0. The van der Waals surface area contributed by atoms with E-state index in [0.717, 1.165) is 69.1 Å². The molecule has 5 atom stereocenters. The van der Waals surface area contributed by atoms with E-state index in [4.69, 9.17) is 15.8 Å². The fourth-order valence-corrected chi connectivity index (χ4v) is 19.2. The van der Waals surface area contributed by atoms with Gasteiger partial charge in [-0.3, -0.25) is 43.0 Å². The first-order chi connectivity index (χ1) is 61.4. The molecule has 4 heterocycles. The Morgan fingerprint density at radius 1 is 0.446 bits per heavy atom. The number of anilines is 4. The van der Waals surface area contributed by atoms with Crippen molar-refractivity contribution in [1.29, 1.82) is 21.0 Å². The summed E-state index contributed by atoms with van der Waals surface area (Å²) in [5.74, 6) is -0.762. The second kappa shape index (κ2) is 36.9. The number of urea groups is 4. The fourth-order valence-electron chi connectivity index (χ4n) is 17.4. The van der Waals surface area contributed by atoms with Crippen LogP contribution in [-0.2, 0) is 58.3 Å². The third-order valence-corrected chi connectivity index (χ3v) is 25.5. The Balaban J connectivity index is 0.000000148. The summed E-state index contributed by atoms with van der Waals surface area (Å²) in [6, 6.07) is 40.2. The number of carbonyl (C=O) groups excluding carboxylic acids is 8. The molecule has 23 nitrogen and oxygen atoms in total. The first-order valence-corrected chi connectivity index (χ1v) is 43.8. The predicted octanol–water partition coefficient (Wildman–Crippen LogP) is 19.7. The van der Waals surface area contributed by atoms with Crippen molar-refractivity contribution in [3.8, 4) is 24.3 Å². The Labute approximate surface area is 740 Å². The average molecular weight is 1820 g/mol. The van der Waals surface area contributed by atoms with Gasteiger partial charge in [-0.15, -0.1) is 0 Å². The molecular weight excluding hydrogens is 1750 g/mol. The number of Topliss-reactive ketones (excluding diaryl/α,β-unsaturated/α-hetero) is 4. The van der Waals surface area contributed by atoms with Gasteiger partial charge in [-0.2, -0.15) is 60.6 Å². The highest BCUT2D eigenvalue weighted by Crippen LogP contribution is 2.52. The van der Waals surface area contributed by atoms with Crippen LogP contribution in [0, 0.1) is 59.2 Å². The quantitative estimate of drug-likeness (QED) is 0.0989. The number of rotatable bonds is 14. The number of nitriles is 4. The normalized spacial score (nSPS) is 18.9. The first-order valence-electron chi connectivity index (χ1n) is 40.4. The number of aryl methyl sites for hydroxylation is 2. The van der Waals surface area contributed by atoms with Crippen LogP contribution in [0.4, 0.5) is 90.2 Å². The largest absolute Gasteiger partial charge is 0.416 e. The summed E-state index contributed by atoms with van der Waals surface area (Å²) in [6.07, 6.45) is -11.3. The van der Waals surface area contributed by atoms with Crippen molar-refractivity contribution < 1.29 is 99.3 Å². The third-order valence-electron chi connectivity index (χ3n) is 23.4. The molecule has 0 spiro atoms. The van der Waals surface area contributed by atoms with Crippen molar-refractivity contribution in [2.24, 2.45) is 0 Å². The molecule has 130 heavy (non-hydrogen) atoms. The number of hydrogen-bond donors (Lipinski definition) is 1. The molecule has 8 aromatic carbocycles. The molecule has 0 radical (unpaired) electrons. The Bertz CT molecular complexity index is 6570. The van der Waals surface area contributed by atoms with Gasteiger partial charge in [0.05, 0.1) is 126 Å². The second-order valence-electron chi connectivity index (χ2n) is 31.5. The highest BCUT2D eigenvalue weighted by molar-refractivity contribution is 7.90. The maximum absolute atomic E-state index is 13.9. The minimum absolute atomic E-state index is 0.00269. The molecule has 16 rings (SSSR count). The molecule has 0 fully saturated rings. The Morgan fingerprint density at radius 2 is 0.800 bits per heavy atom. The zero-order valence-corrected chi connectivity index (χ0v) is 71.8. The number of halogens is 11. The van der Waals surface area contributed by atoms with Crippen LogP contribution in [-0.4, -0.2) is 108 Å². The Kier molecular flexibility index (Phi) is 26.5. The van der Waals surface area contributed by atoms with Crippen molar-refractivity contribution in [1.82, 2.24) is 20.0 Å². The maximum atomic E-state index is 13.9. The van der Waals surface area contributed by atoms with Crippen molar-refractivity contribution in [3.05, 3.63) is 293 Å². The molecule has 0 bridgehead atoms. The van der Waals surface area contributed by atoms with Crippen LogP contribution < -0.4 is 24.9 Å². The molecular formula is C94H77F11N12O11S2. The van der Waals surface area contributed by atoms with Crippen LogP contribution in [0.5, 0.6) is 0 Å². The van der Waals surface area contributed by atoms with Gasteiger partial charge in [-0.25, -0.2) is 36.4 Å². The predicted molar refractivity (Wildman–Crippen MR) is 453 cm³/mol. The SMILES string of the molecule is CCCCN1C(=O)N(c2cccc(C(F)(F)F)c2)C2=C(C(=O)CC2)C1c1ccc(C#N)cc1S(C)(=O)=O.CS(=O)c1cc(C#N)ccc1C1NC(=O)N(c2cccc(C(F)(F)F)c2)C2=C1C(=O)CC2.Cc1cc(C#N)ccc1C1C2=C(CCC2=O)N(c2cccc(C(F)F)c2)C(=O)N1C.Cc1cc(C#N)ccc1[C@@H]1C2=C(CCC2=O)N(c2cccc(C(F)(F)F)c2)C(=O)N1C. The number of ketones is 4. The highest BCUT2D eigenvalue weighted by Gasteiger charge is 2.51. The molecule has 0 aromatic heterocycles. The molecule has 668 valence electrons. The summed E-state index contributed by atoms with van der Waals surface area (Å²) < 4.78 is 184. The van der Waals surface area contributed by atoms with E-state index >= 15 is 0 Å². The molecule has 4 aliphatic carbocycles. The zero-order chi connectivity index (χ0) is 94.4. The van der Waals surface area contributed by atoms with Gasteiger partial charge in [0, 0.05) is 114 Å². The van der Waals surface area contributed by atoms with E-state index < -0.39 is 105 Å². The number of sulfone groups is 1. The summed E-state index contributed by atoms with van der Waals surface area (Å²) in [7, 11) is -2.26. The monoisotopic (exact) mass is 1820 g/mol. The molecule has 8 aliphatic rings. The van der Waals surface area contributed by atoms with Crippen LogP contribution in [0.2, 0.25) is 0 Å². The summed E-state index contributed by atoms with van der Waals surface area (Å²) in [5.41, 5.74) is 5.36. The van der Waals surface area contributed by atoms with E-state index in [2.05, 4.69) is 17.5 Å². The van der Waals surface area contributed by atoms with Gasteiger partial charge in [0.2, 0.25) is 0 Å². The minimum Gasteiger partial charge on any atom is -0.326 e. The smallest absolute Gasteiger partial charge is 0.326 e. The van der Waals surface area contributed by atoms with Crippen molar-refractivity contribution in [2.75, 3.05) is 52.8 Å². The number of alkyl halides is 11. The van der Waals surface area contributed by atoms with E-state index in [1.807, 2.05) is 26.0 Å². The molecule has 0 saturated heterocycles. The summed E-state index contributed by atoms with van der Waals surface area (Å²) in [4.78, 5) is 114. The second-order valence-corrected chi connectivity index (χ2v) is 34.9. The Morgan fingerprint density at radius 3 is 1.18 bits per heavy atom. The number of nitrogens with one attached hydrogen (secondary N) is 1. The molecule has 8 aromatic rings. The van der Waals surface area contributed by atoms with Crippen LogP contribution in [0.1, 0.15) is 180 Å². The number of carbonyl (C=O) groups is 8. The van der Waals surface area contributed by atoms with Crippen molar-refractivity contribution in [3.63, 3.8) is 0 Å². The number of nitrogens with zero attached hydrogens (tertiary/aromatic N) is 11. The highest BCUT2D eigenvalue weighted by atomic mass is 32.2. The lowest BCUT2D eigenvalue weighted by atomic mass is 9.90. The number of hydrogen-bond acceptors (Lipinski definition) is 15. The minimum atomic E-state index is -4.63. The van der Waals surface area contributed by atoms with Crippen LogP contribution in [0.25, 0.3) is 0 Å². The maximum Gasteiger partial charge on any atom is 0.416 e. The molecule has 36 heteroatoms. The van der Waals surface area contributed by atoms with E-state index in [1.54, 1.807) is 56.4 Å². The third kappa shape index (κ3) is 18.2. The van der Waals surface area contributed by atoms with E-state index in [-0.39, 0.29) is 142 Å². The van der Waals surface area contributed by atoms with Gasteiger partial charge in [-0.1, -0.05) is 67.9 Å². The summed E-state index contributed by atoms with van der Waals surface area (Å²) in [6.45, 7) is 5.67. The molecule has 1 N–H and O–H groups in total. The van der Waals surface area contributed by atoms with Crippen LogP contribution in [0.15, 0.2) is 225 Å². The lowest BCUT2D eigenvalue weighted by molar-refractivity contribution is -0.138. The number of amides is 8. The van der Waals surface area contributed by atoms with E-state index in [1.165, 1.54) is 129 Å². The van der Waals surface area contributed by atoms with Gasteiger partial charge in [0.1, 0.15) is 0 Å². The van der Waals surface area contributed by atoms with Gasteiger partial charge in [-0.05, 0) is 195 Å². The molecule has 4 unspecified atom stereocenters. The van der Waals surface area contributed by atoms with Gasteiger partial charge in [0.15, 0.2) is 33.0 Å². The molecule has 8 amide bonds. The standard InChI is InChI=1S/C26H24F3N3O4S.C23H18F3N3O2.C23H19F2N3O2.C22H16F3N3O3S/c1-3-4-12-31-24(19-9-8-16(15-30)13-22(19)37(2,35)36)23-20(10-11-21(23)33)32(25(31)34)18-7-5-6-17(14-18)26(27,28)29;1-13-10-14(12-27)6-7-17(13)21-20-18(8-9-19(20)30)29(22(31)28(21)2)16-5-3-4-15(11-16)23(24,25)26;1-13-10-14(12-26)6-7-17(13)21-20-18(8-9-19(20)29)28(23(30)27(21)2)16-5-3-4-15(11-16)22(24)25;1-32(31)18-9-12(11-26)5-6-15(18)20-19-16(7-8-17(19)29)28(21(30)27-20)14-4-2-3-13(10-14)22(23,24)25/h5-9,13-14,24H,3-4,10-12H2,1-2H3;3-7,10-11,21H,8-9H2,1-2H3;3-7,10-11,21-22H,8-9H2,1-2H3;2-6,9-10,20H,7-8H2,1H3,(H,27,30)/t;21-;;/m.1../s1. The van der Waals surface area contributed by atoms with Crippen LogP contribution >= 0.6 is 0 Å². The number of allylic oxidation sites excluding steroid dienone is 4. The van der Waals surface area contributed by atoms with E-state index in [9.17, 15) is 105 Å². The lowest BCUT2D eigenvalue weighted by Gasteiger charge is -2.42. The van der Waals surface area contributed by atoms with Gasteiger partial charge < -0.3 is 20.0 Å². The lowest BCUT2D eigenvalue weighted by Crippen LogP contribution is -2.50. The average Bonchev–Trinajstić information content (AvgIpc) is 1.84. The number of likely N-dealkylation sites (N-methyl/N-ethyl adjacent to an activating group) is 2. The van der Waals surface area contributed by atoms with Gasteiger partial charge >= 0.3 is 42.7 Å². The number of benzene rings is 8. The number of unbranched alkanes of at least 4 members (excludes halogenated alkanes) is 1. The van der Waals surface area contributed by atoms with Crippen molar-refractivity contribution in [2.45, 2.75) is 144 Å². The van der Waals surface area contributed by atoms with E-state index in [0.29, 0.717) is 80.3 Å². The van der Waals surface area contributed by atoms with Gasteiger partial charge in [0.25, 0.3) is 6.43 Å². The van der Waals surface area contributed by atoms with Crippen molar-refractivity contribution >= 4 is 90.6 Å². The molecule has 0 saturated carbocycles.